The molecule has 0 spiro atoms. The van der Waals surface area contributed by atoms with Gasteiger partial charge in [0.25, 0.3) is 0 Å². The van der Waals surface area contributed by atoms with E-state index in [1.807, 2.05) is 0 Å². The van der Waals surface area contributed by atoms with E-state index in [4.69, 9.17) is 11.1 Å². The quantitative estimate of drug-likeness (QED) is 0.456. The first kappa shape index (κ1) is 12.1. The van der Waals surface area contributed by atoms with Gasteiger partial charge in [0.05, 0.1) is 5.84 Å². The van der Waals surface area contributed by atoms with Gasteiger partial charge >= 0.3 is 0 Å². The smallest absolute Gasteiger partial charge is 0.0916 e. The molecule has 1 aromatic rings. The van der Waals surface area contributed by atoms with Crippen molar-refractivity contribution in [3.05, 3.63) is 29.8 Å². The molecule has 1 rings (SSSR count). The summed E-state index contributed by atoms with van der Waals surface area (Å²) in [6, 6.07) is 8.48. The van der Waals surface area contributed by atoms with E-state index in [0.29, 0.717) is 11.7 Å². The number of aryl methyl sites for hydroxylation is 1. The summed E-state index contributed by atoms with van der Waals surface area (Å²) in [5.41, 5.74) is 6.69. The van der Waals surface area contributed by atoms with Crippen LogP contribution in [0.4, 0.5) is 0 Å². The van der Waals surface area contributed by atoms with E-state index in [9.17, 15) is 0 Å². The number of hydrogen-bond donors (Lipinski definition) is 2. The lowest BCUT2D eigenvalue weighted by atomic mass is 10.2. The summed E-state index contributed by atoms with van der Waals surface area (Å²) in [5.74, 6) is 0.279. The summed E-state index contributed by atoms with van der Waals surface area (Å²) >= 11 is 1.80. The summed E-state index contributed by atoms with van der Waals surface area (Å²) in [7, 11) is 0. The van der Waals surface area contributed by atoms with Gasteiger partial charge in [0.15, 0.2) is 0 Å². The zero-order valence-corrected chi connectivity index (χ0v) is 10.1. The number of thioether (sulfide) groups is 1. The molecule has 15 heavy (non-hydrogen) atoms. The second-order valence-electron chi connectivity index (χ2n) is 3.69. The van der Waals surface area contributed by atoms with Gasteiger partial charge < -0.3 is 5.73 Å². The summed E-state index contributed by atoms with van der Waals surface area (Å²) in [6.07, 6.45) is 1.72. The SMILES string of the molecule is CCC(CC(=N)N)Sc1ccc(C)cc1. The molecule has 0 aliphatic rings. The Morgan fingerprint density at radius 1 is 1.40 bits per heavy atom. The lowest BCUT2D eigenvalue weighted by Crippen LogP contribution is -2.16. The van der Waals surface area contributed by atoms with Crippen LogP contribution in [0.3, 0.4) is 0 Å². The minimum absolute atomic E-state index is 0.279. The summed E-state index contributed by atoms with van der Waals surface area (Å²) in [4.78, 5) is 1.26. The highest BCUT2D eigenvalue weighted by Crippen LogP contribution is 2.27. The van der Waals surface area contributed by atoms with Crippen molar-refractivity contribution in [2.45, 2.75) is 36.8 Å². The monoisotopic (exact) mass is 222 g/mol. The Hall–Kier alpha value is -0.960. The summed E-state index contributed by atoms with van der Waals surface area (Å²) < 4.78 is 0. The van der Waals surface area contributed by atoms with Gasteiger partial charge in [-0.3, -0.25) is 5.41 Å². The average Bonchev–Trinajstić information content (AvgIpc) is 2.19. The molecule has 0 amide bonds. The highest BCUT2D eigenvalue weighted by molar-refractivity contribution is 8.00. The summed E-state index contributed by atoms with van der Waals surface area (Å²) in [5, 5.41) is 7.71. The van der Waals surface area contributed by atoms with Crippen LogP contribution in [0.15, 0.2) is 29.2 Å². The minimum Gasteiger partial charge on any atom is -0.388 e. The van der Waals surface area contributed by atoms with Crippen LogP contribution in [0.5, 0.6) is 0 Å². The molecular formula is C12H18N2S. The van der Waals surface area contributed by atoms with Gasteiger partial charge in [-0.1, -0.05) is 24.6 Å². The number of nitrogens with one attached hydrogen (secondary N) is 1. The second-order valence-corrected chi connectivity index (χ2v) is 5.06. The Bertz CT molecular complexity index is 319. The Balaban J connectivity index is 2.58. The molecular weight excluding hydrogens is 204 g/mol. The Morgan fingerprint density at radius 3 is 2.47 bits per heavy atom. The predicted octanol–water partition coefficient (Wildman–Crippen LogP) is 3.19. The van der Waals surface area contributed by atoms with E-state index in [1.165, 1.54) is 10.5 Å². The number of amidine groups is 1. The molecule has 3 N–H and O–H groups in total. The fourth-order valence-corrected chi connectivity index (χ4v) is 2.43. The van der Waals surface area contributed by atoms with Gasteiger partial charge in [0, 0.05) is 16.6 Å². The first-order valence-corrected chi connectivity index (χ1v) is 6.06. The van der Waals surface area contributed by atoms with Crippen LogP contribution >= 0.6 is 11.8 Å². The molecule has 82 valence electrons. The molecule has 1 atom stereocenters. The van der Waals surface area contributed by atoms with Gasteiger partial charge in [0.2, 0.25) is 0 Å². The number of benzene rings is 1. The van der Waals surface area contributed by atoms with Gasteiger partial charge in [-0.05, 0) is 25.5 Å². The zero-order chi connectivity index (χ0) is 11.3. The van der Waals surface area contributed by atoms with Gasteiger partial charge in [0.1, 0.15) is 0 Å². The highest BCUT2D eigenvalue weighted by atomic mass is 32.2. The van der Waals surface area contributed by atoms with E-state index in [0.717, 1.165) is 6.42 Å². The minimum atomic E-state index is 0.279. The van der Waals surface area contributed by atoms with Crippen molar-refractivity contribution in [3.63, 3.8) is 0 Å². The number of hydrogen-bond acceptors (Lipinski definition) is 2. The van der Waals surface area contributed by atoms with Crippen LogP contribution in [0.2, 0.25) is 0 Å². The average molecular weight is 222 g/mol. The molecule has 1 aromatic carbocycles. The second kappa shape index (κ2) is 5.81. The van der Waals surface area contributed by atoms with Crippen molar-refractivity contribution in [3.8, 4) is 0 Å². The Labute approximate surface area is 95.8 Å². The fourth-order valence-electron chi connectivity index (χ4n) is 1.32. The third kappa shape index (κ3) is 4.38. The Morgan fingerprint density at radius 2 is 2.00 bits per heavy atom. The molecule has 0 radical (unpaired) electrons. The molecule has 2 nitrogen and oxygen atoms in total. The lowest BCUT2D eigenvalue weighted by Gasteiger charge is -2.13. The normalized spacial score (nSPS) is 12.4. The highest BCUT2D eigenvalue weighted by Gasteiger charge is 2.09. The van der Waals surface area contributed by atoms with E-state index in [1.54, 1.807) is 11.8 Å². The van der Waals surface area contributed by atoms with Gasteiger partial charge in [-0.2, -0.15) is 0 Å². The van der Waals surface area contributed by atoms with Gasteiger partial charge in [-0.15, -0.1) is 11.8 Å². The zero-order valence-electron chi connectivity index (χ0n) is 9.29. The van der Waals surface area contributed by atoms with E-state index >= 15 is 0 Å². The lowest BCUT2D eigenvalue weighted by molar-refractivity contribution is 0.849. The maximum atomic E-state index is 7.29. The molecule has 1 unspecified atom stereocenters. The predicted molar refractivity (Wildman–Crippen MR) is 67.6 cm³/mol. The fraction of sp³-hybridized carbons (Fsp3) is 0.417. The molecule has 0 saturated carbocycles. The van der Waals surface area contributed by atoms with E-state index in [2.05, 4.69) is 38.1 Å². The maximum Gasteiger partial charge on any atom is 0.0916 e. The maximum absolute atomic E-state index is 7.29. The molecule has 0 heterocycles. The van der Waals surface area contributed by atoms with Crippen molar-refractivity contribution >= 4 is 17.6 Å². The van der Waals surface area contributed by atoms with Crippen molar-refractivity contribution in [1.82, 2.24) is 0 Å². The topological polar surface area (TPSA) is 49.9 Å². The molecule has 0 saturated heterocycles. The molecule has 0 fully saturated rings. The molecule has 0 aliphatic carbocycles. The van der Waals surface area contributed by atoms with Crippen molar-refractivity contribution in [2.75, 3.05) is 0 Å². The van der Waals surface area contributed by atoms with Crippen molar-refractivity contribution in [1.29, 1.82) is 5.41 Å². The van der Waals surface area contributed by atoms with Gasteiger partial charge in [-0.25, -0.2) is 0 Å². The number of rotatable bonds is 5. The third-order valence-electron chi connectivity index (χ3n) is 2.23. The summed E-state index contributed by atoms with van der Waals surface area (Å²) in [6.45, 7) is 4.22. The van der Waals surface area contributed by atoms with Crippen LogP contribution in [0.1, 0.15) is 25.3 Å². The Kier molecular flexibility index (Phi) is 4.69. The molecule has 3 heteroatoms. The van der Waals surface area contributed by atoms with Crippen LogP contribution in [-0.4, -0.2) is 11.1 Å². The largest absolute Gasteiger partial charge is 0.388 e. The van der Waals surface area contributed by atoms with Crippen LogP contribution in [0.25, 0.3) is 0 Å². The van der Waals surface area contributed by atoms with Crippen molar-refractivity contribution in [2.24, 2.45) is 5.73 Å². The van der Waals surface area contributed by atoms with Crippen molar-refractivity contribution < 1.29 is 0 Å². The van der Waals surface area contributed by atoms with Crippen LogP contribution in [-0.2, 0) is 0 Å². The molecule has 0 aliphatic heterocycles. The standard InChI is InChI=1S/C12H18N2S/c1-3-10(8-12(13)14)15-11-6-4-9(2)5-7-11/h4-7,10H,3,8H2,1-2H3,(H3,13,14). The van der Waals surface area contributed by atoms with E-state index < -0.39 is 0 Å². The van der Waals surface area contributed by atoms with E-state index in [-0.39, 0.29) is 5.84 Å². The number of nitrogens with two attached hydrogens (primary N) is 1. The first-order chi connectivity index (χ1) is 7.11. The molecule has 0 bridgehead atoms. The first-order valence-electron chi connectivity index (χ1n) is 5.18. The third-order valence-corrected chi connectivity index (χ3v) is 3.60. The van der Waals surface area contributed by atoms with Crippen LogP contribution < -0.4 is 5.73 Å². The molecule has 0 aromatic heterocycles. The van der Waals surface area contributed by atoms with Crippen LogP contribution in [0, 0.1) is 12.3 Å².